The minimum Gasteiger partial charge on any atom is -0.493 e. The van der Waals surface area contributed by atoms with Gasteiger partial charge >= 0.3 is 6.18 Å². The Morgan fingerprint density at radius 2 is 1.82 bits per heavy atom. The first kappa shape index (κ1) is 22.4. The van der Waals surface area contributed by atoms with Crippen LogP contribution in [0.15, 0.2) is 47.6 Å². The molecule has 1 atom stereocenters. The lowest BCUT2D eigenvalue weighted by Gasteiger charge is -2.20. The number of ether oxygens (including phenoxy) is 3. The van der Waals surface area contributed by atoms with Gasteiger partial charge in [-0.15, -0.1) is 0 Å². The number of amides is 1. The molecule has 0 radical (unpaired) electrons. The molecular weight excluding hydrogens is 439 g/mol. The maximum atomic E-state index is 13.3. The highest BCUT2D eigenvalue weighted by atomic mass is 19.4. The summed E-state index contributed by atoms with van der Waals surface area (Å²) < 4.78 is 56.7. The summed E-state index contributed by atoms with van der Waals surface area (Å²) in [5.41, 5.74) is 1.22. The first-order valence-corrected chi connectivity index (χ1v) is 9.96. The average molecular weight is 459 g/mol. The van der Waals surface area contributed by atoms with E-state index in [1.807, 2.05) is 0 Å². The molecule has 1 aromatic heterocycles. The number of alkyl halides is 3. The summed E-state index contributed by atoms with van der Waals surface area (Å²) in [6, 6.07) is 8.54. The Kier molecular flexibility index (Phi) is 6.08. The highest BCUT2D eigenvalue weighted by Crippen LogP contribution is 2.44. The number of aliphatic imine (C=N–C) groups is 1. The van der Waals surface area contributed by atoms with Gasteiger partial charge in [-0.1, -0.05) is 18.2 Å². The van der Waals surface area contributed by atoms with Crippen LogP contribution in [0.4, 0.5) is 13.2 Å². The van der Waals surface area contributed by atoms with E-state index in [0.29, 0.717) is 11.3 Å². The minimum atomic E-state index is -4.51. The van der Waals surface area contributed by atoms with Crippen molar-refractivity contribution >= 4 is 12.1 Å². The number of methoxy groups -OCH3 is 2. The van der Waals surface area contributed by atoms with Crippen LogP contribution >= 0.6 is 0 Å². The zero-order valence-corrected chi connectivity index (χ0v) is 17.8. The van der Waals surface area contributed by atoms with Gasteiger partial charge in [-0.05, 0) is 23.8 Å². The van der Waals surface area contributed by atoms with Gasteiger partial charge in [-0.2, -0.15) is 18.3 Å². The number of H-pyrrole nitrogens is 1. The molecule has 3 aromatic rings. The van der Waals surface area contributed by atoms with E-state index in [9.17, 15) is 18.0 Å². The lowest BCUT2D eigenvalue weighted by atomic mass is 9.88. The molecule has 0 bridgehead atoms. The summed E-state index contributed by atoms with van der Waals surface area (Å²) >= 11 is 0. The van der Waals surface area contributed by atoms with Crippen LogP contribution in [-0.4, -0.2) is 36.5 Å². The third-order valence-electron chi connectivity index (χ3n) is 5.37. The highest BCUT2D eigenvalue weighted by molar-refractivity contribution is 5.94. The third-order valence-corrected chi connectivity index (χ3v) is 5.37. The SMILES string of the molecule is COc1cc(C2CC(=O)N=Cc3n[nH]cc32)cc(OC)c1OCc1ccccc1C(F)(F)F. The summed E-state index contributed by atoms with van der Waals surface area (Å²) in [7, 11) is 2.83. The van der Waals surface area contributed by atoms with Crippen LogP contribution in [0.3, 0.4) is 0 Å². The van der Waals surface area contributed by atoms with Crippen molar-refractivity contribution in [2.75, 3.05) is 14.2 Å². The third kappa shape index (κ3) is 4.55. The van der Waals surface area contributed by atoms with Gasteiger partial charge in [-0.3, -0.25) is 9.89 Å². The number of carbonyl (C=O) groups is 1. The number of nitrogens with one attached hydrogen (secondary N) is 1. The van der Waals surface area contributed by atoms with E-state index in [1.54, 1.807) is 18.3 Å². The molecule has 1 unspecified atom stereocenters. The average Bonchev–Trinajstić information content (AvgIpc) is 3.21. The van der Waals surface area contributed by atoms with Crippen LogP contribution in [-0.2, 0) is 17.6 Å². The van der Waals surface area contributed by atoms with Crippen LogP contribution in [0.25, 0.3) is 0 Å². The predicted octanol–water partition coefficient (Wildman–Crippen LogP) is 4.51. The molecule has 33 heavy (non-hydrogen) atoms. The zero-order valence-electron chi connectivity index (χ0n) is 17.8. The van der Waals surface area contributed by atoms with Crippen molar-refractivity contribution in [3.63, 3.8) is 0 Å². The van der Waals surface area contributed by atoms with E-state index >= 15 is 0 Å². The Morgan fingerprint density at radius 3 is 2.48 bits per heavy atom. The van der Waals surface area contributed by atoms with Crippen LogP contribution in [0.5, 0.6) is 17.2 Å². The number of benzene rings is 2. The molecule has 4 rings (SSSR count). The first-order chi connectivity index (χ1) is 15.8. The Morgan fingerprint density at radius 1 is 1.12 bits per heavy atom. The standard InChI is InChI=1S/C23H20F3N3O4/c1-31-19-7-14(15-9-21(30)27-11-18-16(15)10-28-29-18)8-20(32-2)22(19)33-12-13-5-3-4-6-17(13)23(24,25)26/h3-8,10-11,15H,9,12H2,1-2H3,(H,28,29). The van der Waals surface area contributed by atoms with Crippen molar-refractivity contribution in [1.82, 2.24) is 10.2 Å². The molecular formula is C23H20F3N3O4. The van der Waals surface area contributed by atoms with Crippen molar-refractivity contribution in [3.05, 3.63) is 70.5 Å². The van der Waals surface area contributed by atoms with E-state index in [-0.39, 0.29) is 47.7 Å². The van der Waals surface area contributed by atoms with E-state index in [0.717, 1.165) is 11.6 Å². The molecule has 0 aliphatic carbocycles. The fraction of sp³-hybridized carbons (Fsp3) is 0.261. The van der Waals surface area contributed by atoms with E-state index in [2.05, 4.69) is 15.2 Å². The summed E-state index contributed by atoms with van der Waals surface area (Å²) in [6.45, 7) is -0.344. The quantitative estimate of drug-likeness (QED) is 0.587. The molecule has 10 heteroatoms. The van der Waals surface area contributed by atoms with Gasteiger partial charge in [-0.25, -0.2) is 4.99 Å². The molecule has 1 aliphatic rings. The molecule has 0 saturated carbocycles. The smallest absolute Gasteiger partial charge is 0.416 e. The molecule has 7 nitrogen and oxygen atoms in total. The number of nitrogens with zero attached hydrogens (tertiary/aromatic N) is 2. The van der Waals surface area contributed by atoms with Crippen molar-refractivity contribution in [2.24, 2.45) is 4.99 Å². The molecule has 1 aliphatic heterocycles. The predicted molar refractivity (Wildman–Crippen MR) is 113 cm³/mol. The maximum absolute atomic E-state index is 13.3. The van der Waals surface area contributed by atoms with E-state index < -0.39 is 11.7 Å². The van der Waals surface area contributed by atoms with Crippen LogP contribution < -0.4 is 14.2 Å². The summed E-state index contributed by atoms with van der Waals surface area (Å²) in [4.78, 5) is 16.0. The normalized spacial score (nSPS) is 15.7. The number of carbonyl (C=O) groups excluding carboxylic acids is 1. The topological polar surface area (TPSA) is 85.8 Å². The summed E-state index contributed by atoms with van der Waals surface area (Å²) in [5, 5.41) is 6.89. The lowest BCUT2D eigenvalue weighted by Crippen LogP contribution is -2.11. The van der Waals surface area contributed by atoms with Gasteiger partial charge in [0.1, 0.15) is 12.3 Å². The monoisotopic (exact) mass is 459 g/mol. The largest absolute Gasteiger partial charge is 0.493 e. The van der Waals surface area contributed by atoms with Gasteiger partial charge < -0.3 is 14.2 Å². The van der Waals surface area contributed by atoms with E-state index in [4.69, 9.17) is 14.2 Å². The van der Waals surface area contributed by atoms with Gasteiger partial charge in [0.05, 0.1) is 26.0 Å². The van der Waals surface area contributed by atoms with Gasteiger partial charge in [0.15, 0.2) is 11.5 Å². The molecule has 1 amide bonds. The number of aromatic nitrogens is 2. The maximum Gasteiger partial charge on any atom is 0.416 e. The lowest BCUT2D eigenvalue weighted by molar-refractivity contribution is -0.138. The van der Waals surface area contributed by atoms with Crippen LogP contribution in [0.1, 0.15) is 40.3 Å². The number of hydrogen-bond donors (Lipinski definition) is 1. The zero-order chi connectivity index (χ0) is 23.6. The first-order valence-electron chi connectivity index (χ1n) is 9.96. The molecule has 2 heterocycles. The minimum absolute atomic E-state index is 0.0206. The fourth-order valence-electron chi connectivity index (χ4n) is 3.78. The van der Waals surface area contributed by atoms with Crippen molar-refractivity contribution in [2.45, 2.75) is 25.1 Å². The highest BCUT2D eigenvalue weighted by Gasteiger charge is 2.33. The Hall–Kier alpha value is -3.82. The Bertz CT molecular complexity index is 1180. The summed E-state index contributed by atoms with van der Waals surface area (Å²) in [5.74, 6) is -0.00563. The van der Waals surface area contributed by atoms with Gasteiger partial charge in [0.25, 0.3) is 0 Å². The summed E-state index contributed by atoms with van der Waals surface area (Å²) in [6.07, 6.45) is -1.29. The number of fused-ring (bicyclic) bond motifs is 1. The second-order valence-electron chi connectivity index (χ2n) is 7.33. The molecule has 1 N–H and O–H groups in total. The number of aromatic amines is 1. The van der Waals surface area contributed by atoms with Crippen molar-refractivity contribution < 1.29 is 32.2 Å². The molecule has 0 spiro atoms. The van der Waals surface area contributed by atoms with Crippen molar-refractivity contribution in [1.29, 1.82) is 0 Å². The second kappa shape index (κ2) is 8.97. The number of rotatable bonds is 6. The van der Waals surface area contributed by atoms with Crippen LogP contribution in [0.2, 0.25) is 0 Å². The van der Waals surface area contributed by atoms with Gasteiger partial charge in [0.2, 0.25) is 11.7 Å². The van der Waals surface area contributed by atoms with Crippen molar-refractivity contribution in [3.8, 4) is 17.2 Å². The molecule has 0 fully saturated rings. The second-order valence-corrected chi connectivity index (χ2v) is 7.33. The molecule has 2 aromatic carbocycles. The van der Waals surface area contributed by atoms with Gasteiger partial charge in [0, 0.05) is 29.7 Å². The van der Waals surface area contributed by atoms with Crippen LogP contribution in [0, 0.1) is 0 Å². The van der Waals surface area contributed by atoms with E-state index in [1.165, 1.54) is 38.6 Å². The Labute approximate surface area is 187 Å². The molecule has 172 valence electrons. The number of halogens is 3. The Balaban J connectivity index is 1.69. The number of hydrogen-bond acceptors (Lipinski definition) is 5. The fourth-order valence-corrected chi connectivity index (χ4v) is 3.78. The molecule has 0 saturated heterocycles.